The van der Waals surface area contributed by atoms with Crippen LogP contribution in [0.15, 0.2) is 58.8 Å². The third-order valence-corrected chi connectivity index (χ3v) is 5.32. The molecule has 2 aromatic rings. The van der Waals surface area contributed by atoms with Gasteiger partial charge in [-0.3, -0.25) is 14.5 Å². The number of amides is 2. The molecule has 2 aliphatic rings. The van der Waals surface area contributed by atoms with Crippen molar-refractivity contribution in [2.24, 2.45) is 0 Å². The maximum absolute atomic E-state index is 13.1. The average molecular weight is 457 g/mol. The Morgan fingerprint density at radius 2 is 2.10 bits per heavy atom. The van der Waals surface area contributed by atoms with Crippen LogP contribution < -0.4 is 15.0 Å². The van der Waals surface area contributed by atoms with Gasteiger partial charge < -0.3 is 14.8 Å². The van der Waals surface area contributed by atoms with E-state index in [-0.39, 0.29) is 30.2 Å². The van der Waals surface area contributed by atoms with Gasteiger partial charge in [0.25, 0.3) is 5.91 Å². The Bertz CT molecular complexity index is 953. The molecule has 2 amide bonds. The van der Waals surface area contributed by atoms with Gasteiger partial charge in [0.15, 0.2) is 11.5 Å². The van der Waals surface area contributed by atoms with Crippen molar-refractivity contribution in [3.63, 3.8) is 0 Å². The number of benzene rings is 2. The zero-order chi connectivity index (χ0) is 20.2. The summed E-state index contributed by atoms with van der Waals surface area (Å²) in [5, 5.41) is 2.87. The summed E-state index contributed by atoms with van der Waals surface area (Å²) in [4.78, 5) is 27.0. The van der Waals surface area contributed by atoms with Crippen LogP contribution in [0.3, 0.4) is 0 Å². The molecule has 1 unspecified atom stereocenters. The van der Waals surface area contributed by atoms with E-state index in [0.29, 0.717) is 18.0 Å². The molecule has 1 N–H and O–H groups in total. The molecular formula is C22H21BrN2O4. The molecule has 7 heteroatoms. The minimum atomic E-state index is -0.351. The number of rotatable bonds is 5. The highest BCUT2D eigenvalue weighted by Crippen LogP contribution is 2.35. The van der Waals surface area contributed by atoms with E-state index in [1.54, 1.807) is 18.2 Å². The zero-order valence-corrected chi connectivity index (χ0v) is 17.4. The van der Waals surface area contributed by atoms with E-state index in [2.05, 4.69) is 21.2 Å². The molecule has 0 bridgehead atoms. The standard InChI is InChI=1S/C22H21BrN2O4/c23-16-6-3-5-15(11-16)12-20-22(27)25(18-8-1-2-9-19(18)29-20)14-21(26)24-13-17-7-4-10-28-17/h1-3,5-6,8-9,11-12,17H,4,7,10,13-14H2,(H,24,26). The minimum Gasteiger partial charge on any atom is -0.449 e. The number of ether oxygens (including phenoxy) is 2. The number of fused-ring (bicyclic) bond motifs is 1. The normalized spacial score (nSPS) is 19.8. The van der Waals surface area contributed by atoms with Gasteiger partial charge in [0.05, 0.1) is 11.8 Å². The first kappa shape index (κ1) is 19.7. The summed E-state index contributed by atoms with van der Waals surface area (Å²) in [6.07, 6.45) is 3.69. The molecule has 1 saturated heterocycles. The number of halogens is 1. The Kier molecular flexibility index (Phi) is 5.97. The zero-order valence-electron chi connectivity index (χ0n) is 15.8. The van der Waals surface area contributed by atoms with Crippen molar-refractivity contribution < 1.29 is 19.1 Å². The molecule has 2 heterocycles. The monoisotopic (exact) mass is 456 g/mol. The molecule has 0 aromatic heterocycles. The van der Waals surface area contributed by atoms with Gasteiger partial charge in [0, 0.05) is 17.6 Å². The summed E-state index contributed by atoms with van der Waals surface area (Å²) < 4.78 is 12.3. The molecule has 29 heavy (non-hydrogen) atoms. The van der Waals surface area contributed by atoms with Gasteiger partial charge in [-0.2, -0.15) is 0 Å². The molecule has 2 aromatic carbocycles. The summed E-state index contributed by atoms with van der Waals surface area (Å²) in [7, 11) is 0. The summed E-state index contributed by atoms with van der Waals surface area (Å²) in [5.74, 6) is 0.136. The van der Waals surface area contributed by atoms with Gasteiger partial charge in [0.1, 0.15) is 6.54 Å². The summed E-state index contributed by atoms with van der Waals surface area (Å²) >= 11 is 3.43. The van der Waals surface area contributed by atoms with Crippen molar-refractivity contribution in [3.8, 4) is 5.75 Å². The fourth-order valence-corrected chi connectivity index (χ4v) is 3.82. The van der Waals surface area contributed by atoms with Crippen molar-refractivity contribution in [2.75, 3.05) is 24.6 Å². The van der Waals surface area contributed by atoms with Crippen molar-refractivity contribution >= 4 is 39.5 Å². The van der Waals surface area contributed by atoms with E-state index in [9.17, 15) is 9.59 Å². The fourth-order valence-electron chi connectivity index (χ4n) is 3.40. The van der Waals surface area contributed by atoms with E-state index in [1.165, 1.54) is 4.90 Å². The first-order valence-electron chi connectivity index (χ1n) is 9.54. The second-order valence-corrected chi connectivity index (χ2v) is 7.88. The van der Waals surface area contributed by atoms with E-state index in [0.717, 1.165) is 29.5 Å². The lowest BCUT2D eigenvalue weighted by Gasteiger charge is -2.30. The molecule has 4 rings (SSSR count). The first-order valence-corrected chi connectivity index (χ1v) is 10.3. The number of para-hydroxylation sites is 2. The third-order valence-electron chi connectivity index (χ3n) is 4.83. The van der Waals surface area contributed by atoms with Crippen LogP contribution >= 0.6 is 15.9 Å². The Labute approximate surface area is 177 Å². The van der Waals surface area contributed by atoms with Crippen LogP contribution in [0.1, 0.15) is 18.4 Å². The quantitative estimate of drug-likeness (QED) is 0.698. The topological polar surface area (TPSA) is 67.9 Å². The van der Waals surface area contributed by atoms with Crippen molar-refractivity contribution in [1.82, 2.24) is 5.32 Å². The predicted octanol–water partition coefficient (Wildman–Crippen LogP) is 3.51. The van der Waals surface area contributed by atoms with Crippen molar-refractivity contribution in [2.45, 2.75) is 18.9 Å². The van der Waals surface area contributed by atoms with Gasteiger partial charge in [-0.05, 0) is 48.7 Å². The molecule has 2 aliphatic heterocycles. The van der Waals surface area contributed by atoms with Crippen LogP contribution in [-0.2, 0) is 14.3 Å². The van der Waals surface area contributed by atoms with E-state index >= 15 is 0 Å². The highest BCUT2D eigenvalue weighted by molar-refractivity contribution is 9.10. The second-order valence-electron chi connectivity index (χ2n) is 6.96. The molecule has 1 atom stereocenters. The average Bonchev–Trinajstić information content (AvgIpc) is 3.23. The number of carbonyl (C=O) groups is 2. The van der Waals surface area contributed by atoms with Gasteiger partial charge in [-0.1, -0.05) is 40.2 Å². The summed E-state index contributed by atoms with van der Waals surface area (Å²) in [6.45, 7) is 1.11. The molecule has 0 spiro atoms. The van der Waals surface area contributed by atoms with E-state index < -0.39 is 0 Å². The Morgan fingerprint density at radius 3 is 2.90 bits per heavy atom. The lowest BCUT2D eigenvalue weighted by Crippen LogP contribution is -2.45. The number of nitrogens with zero attached hydrogens (tertiary/aromatic N) is 1. The van der Waals surface area contributed by atoms with Crippen LogP contribution in [0.4, 0.5) is 5.69 Å². The molecule has 0 aliphatic carbocycles. The van der Waals surface area contributed by atoms with Crippen molar-refractivity contribution in [3.05, 3.63) is 64.3 Å². The molecule has 150 valence electrons. The van der Waals surface area contributed by atoms with E-state index in [1.807, 2.05) is 36.4 Å². The number of nitrogens with one attached hydrogen (secondary N) is 1. The predicted molar refractivity (Wildman–Crippen MR) is 114 cm³/mol. The second kappa shape index (κ2) is 8.80. The van der Waals surface area contributed by atoms with Crippen LogP contribution in [0.25, 0.3) is 6.08 Å². The number of hydrogen-bond donors (Lipinski definition) is 1. The summed E-state index contributed by atoms with van der Waals surface area (Å²) in [6, 6.07) is 14.8. The highest BCUT2D eigenvalue weighted by atomic mass is 79.9. The molecule has 1 fully saturated rings. The third kappa shape index (κ3) is 4.68. The lowest BCUT2D eigenvalue weighted by molar-refractivity contribution is -0.123. The van der Waals surface area contributed by atoms with Gasteiger partial charge >= 0.3 is 0 Å². The smallest absolute Gasteiger partial charge is 0.294 e. The van der Waals surface area contributed by atoms with E-state index in [4.69, 9.17) is 9.47 Å². The van der Waals surface area contributed by atoms with Crippen LogP contribution in [0.2, 0.25) is 0 Å². The van der Waals surface area contributed by atoms with Gasteiger partial charge in [0.2, 0.25) is 5.91 Å². The Hall–Kier alpha value is -2.64. The number of hydrogen-bond acceptors (Lipinski definition) is 4. The van der Waals surface area contributed by atoms with Gasteiger partial charge in [-0.25, -0.2) is 0 Å². The minimum absolute atomic E-state index is 0.0543. The SMILES string of the molecule is O=C(CN1C(=O)C(=Cc2cccc(Br)c2)Oc2ccccc21)NCC1CCCO1. The van der Waals surface area contributed by atoms with Crippen LogP contribution in [0.5, 0.6) is 5.75 Å². The summed E-state index contributed by atoms with van der Waals surface area (Å²) in [5.41, 5.74) is 1.40. The number of anilines is 1. The highest BCUT2D eigenvalue weighted by Gasteiger charge is 2.31. The fraction of sp³-hybridized carbons (Fsp3) is 0.273. The van der Waals surface area contributed by atoms with Gasteiger partial charge in [-0.15, -0.1) is 0 Å². The Balaban J connectivity index is 1.54. The first-order chi connectivity index (χ1) is 14.1. The number of carbonyl (C=O) groups excluding carboxylic acids is 2. The maximum atomic E-state index is 13.1. The largest absolute Gasteiger partial charge is 0.449 e. The molecule has 0 radical (unpaired) electrons. The lowest BCUT2D eigenvalue weighted by atomic mass is 10.1. The molecular weight excluding hydrogens is 436 g/mol. The van der Waals surface area contributed by atoms with Crippen LogP contribution in [-0.4, -0.2) is 37.6 Å². The van der Waals surface area contributed by atoms with Crippen LogP contribution in [0, 0.1) is 0 Å². The maximum Gasteiger partial charge on any atom is 0.294 e. The molecule has 0 saturated carbocycles. The Morgan fingerprint density at radius 1 is 1.24 bits per heavy atom. The molecule has 6 nitrogen and oxygen atoms in total. The van der Waals surface area contributed by atoms with Crippen molar-refractivity contribution in [1.29, 1.82) is 0 Å².